The molecule has 0 saturated carbocycles. The van der Waals surface area contributed by atoms with Gasteiger partial charge in [0.25, 0.3) is 0 Å². The van der Waals surface area contributed by atoms with Gasteiger partial charge in [-0.25, -0.2) is 17.8 Å². The van der Waals surface area contributed by atoms with Crippen LogP contribution in [-0.4, -0.2) is 56.4 Å². The van der Waals surface area contributed by atoms with E-state index in [0.29, 0.717) is 18.9 Å². The van der Waals surface area contributed by atoms with Gasteiger partial charge in [-0.3, -0.25) is 4.79 Å². The van der Waals surface area contributed by atoms with E-state index in [1.54, 1.807) is 4.90 Å². The predicted octanol–water partition coefficient (Wildman–Crippen LogP) is 2.26. The number of anilines is 1. The lowest BCUT2D eigenvalue weighted by molar-refractivity contribution is -0.138. The van der Waals surface area contributed by atoms with Crippen molar-refractivity contribution in [1.29, 1.82) is 0 Å². The first kappa shape index (κ1) is 22.9. The van der Waals surface area contributed by atoms with Crippen LogP contribution in [0, 0.1) is 5.82 Å². The van der Waals surface area contributed by atoms with Gasteiger partial charge in [-0.1, -0.05) is 12.1 Å². The van der Waals surface area contributed by atoms with Crippen LogP contribution in [0.2, 0.25) is 0 Å². The zero-order valence-electron chi connectivity index (χ0n) is 16.4. The van der Waals surface area contributed by atoms with Crippen molar-refractivity contribution in [2.45, 2.75) is 24.0 Å². The van der Waals surface area contributed by atoms with Gasteiger partial charge >= 0.3 is 6.18 Å². The lowest BCUT2D eigenvalue weighted by Crippen LogP contribution is -2.54. The van der Waals surface area contributed by atoms with Crippen molar-refractivity contribution in [2.75, 3.05) is 31.1 Å². The SMILES string of the molecule is C[C@H](NS(=O)(=O)c1ccccc1F)C(=O)N1CCN(c2ccc(C(F)(F)F)cn2)CC1. The summed E-state index contributed by atoms with van der Waals surface area (Å²) in [7, 11) is -4.23. The van der Waals surface area contributed by atoms with E-state index in [1.807, 2.05) is 0 Å². The number of amides is 1. The fourth-order valence-corrected chi connectivity index (χ4v) is 4.46. The number of sulfonamides is 1. The number of halogens is 4. The van der Waals surface area contributed by atoms with Crippen LogP contribution in [0.25, 0.3) is 0 Å². The molecule has 168 valence electrons. The lowest BCUT2D eigenvalue weighted by atomic mass is 10.2. The minimum absolute atomic E-state index is 0.229. The van der Waals surface area contributed by atoms with Crippen molar-refractivity contribution in [3.63, 3.8) is 0 Å². The highest BCUT2D eigenvalue weighted by Gasteiger charge is 2.32. The molecule has 1 amide bonds. The number of nitrogens with one attached hydrogen (secondary N) is 1. The number of hydrogen-bond acceptors (Lipinski definition) is 5. The van der Waals surface area contributed by atoms with Crippen molar-refractivity contribution in [2.24, 2.45) is 0 Å². The summed E-state index contributed by atoms with van der Waals surface area (Å²) >= 11 is 0. The van der Waals surface area contributed by atoms with E-state index in [4.69, 9.17) is 0 Å². The van der Waals surface area contributed by atoms with Gasteiger partial charge in [0, 0.05) is 32.4 Å². The van der Waals surface area contributed by atoms with Crippen molar-refractivity contribution >= 4 is 21.7 Å². The molecular weight excluding hydrogens is 440 g/mol. The Bertz CT molecular complexity index is 1040. The Kier molecular flexibility index (Phi) is 6.51. The van der Waals surface area contributed by atoms with Crippen LogP contribution in [0.1, 0.15) is 12.5 Å². The molecule has 0 bridgehead atoms. The van der Waals surface area contributed by atoms with Gasteiger partial charge < -0.3 is 9.80 Å². The molecule has 0 unspecified atom stereocenters. The van der Waals surface area contributed by atoms with Gasteiger partial charge in [0.15, 0.2) is 0 Å². The second-order valence-corrected chi connectivity index (χ2v) is 8.67. The molecule has 1 aliphatic rings. The first-order chi connectivity index (χ1) is 14.5. The molecule has 1 aliphatic heterocycles. The summed E-state index contributed by atoms with van der Waals surface area (Å²) in [6.45, 7) is 2.46. The van der Waals surface area contributed by atoms with E-state index >= 15 is 0 Å². The number of hydrogen-bond donors (Lipinski definition) is 1. The molecule has 0 radical (unpaired) electrons. The maximum atomic E-state index is 13.8. The number of pyridine rings is 1. The third kappa shape index (κ3) is 5.31. The zero-order valence-corrected chi connectivity index (χ0v) is 17.3. The van der Waals surface area contributed by atoms with Crippen molar-refractivity contribution in [3.05, 3.63) is 54.0 Å². The Morgan fingerprint density at radius 3 is 2.29 bits per heavy atom. The number of piperazine rings is 1. The van der Waals surface area contributed by atoms with Gasteiger partial charge in [-0.2, -0.15) is 17.9 Å². The van der Waals surface area contributed by atoms with Crippen LogP contribution in [0.3, 0.4) is 0 Å². The minimum Gasteiger partial charge on any atom is -0.353 e. The monoisotopic (exact) mass is 460 g/mol. The van der Waals surface area contributed by atoms with Crippen LogP contribution < -0.4 is 9.62 Å². The van der Waals surface area contributed by atoms with Gasteiger partial charge in [0.1, 0.15) is 16.5 Å². The molecule has 1 aromatic carbocycles. The standard InChI is InChI=1S/C19H20F4N4O3S/c1-13(25-31(29,30)16-5-3-2-4-15(16)20)18(28)27-10-8-26(9-11-27)17-7-6-14(12-24-17)19(21,22)23/h2-7,12-13,25H,8-11H2,1H3/t13-/m0/s1. The van der Waals surface area contributed by atoms with Gasteiger partial charge in [0.2, 0.25) is 15.9 Å². The van der Waals surface area contributed by atoms with E-state index in [9.17, 15) is 30.8 Å². The third-order valence-corrected chi connectivity index (χ3v) is 6.39. The molecule has 7 nitrogen and oxygen atoms in total. The van der Waals surface area contributed by atoms with E-state index in [1.165, 1.54) is 30.0 Å². The summed E-state index contributed by atoms with van der Waals surface area (Å²) in [5, 5.41) is 0. The number of carbonyl (C=O) groups excluding carboxylic acids is 1. The summed E-state index contributed by atoms with van der Waals surface area (Å²) in [5.74, 6) is -1.05. The molecule has 1 N–H and O–H groups in total. The summed E-state index contributed by atoms with van der Waals surface area (Å²) in [5.41, 5.74) is -0.846. The summed E-state index contributed by atoms with van der Waals surface area (Å²) < 4.78 is 78.7. The van der Waals surface area contributed by atoms with Crippen LogP contribution in [0.4, 0.5) is 23.4 Å². The van der Waals surface area contributed by atoms with E-state index < -0.39 is 44.4 Å². The quantitative estimate of drug-likeness (QED) is 0.693. The Morgan fingerprint density at radius 2 is 1.74 bits per heavy atom. The van der Waals surface area contributed by atoms with Gasteiger partial charge in [-0.05, 0) is 31.2 Å². The molecule has 1 fully saturated rings. The zero-order chi connectivity index (χ0) is 22.8. The molecule has 31 heavy (non-hydrogen) atoms. The first-order valence-corrected chi connectivity index (χ1v) is 10.8. The highest BCUT2D eigenvalue weighted by molar-refractivity contribution is 7.89. The fourth-order valence-electron chi connectivity index (χ4n) is 3.18. The van der Waals surface area contributed by atoms with Crippen molar-refractivity contribution in [1.82, 2.24) is 14.6 Å². The van der Waals surface area contributed by atoms with Gasteiger partial charge in [0.05, 0.1) is 11.6 Å². The van der Waals surface area contributed by atoms with Crippen LogP contribution in [0.15, 0.2) is 47.5 Å². The summed E-state index contributed by atoms with van der Waals surface area (Å²) in [4.78, 5) is 19.1. The highest BCUT2D eigenvalue weighted by atomic mass is 32.2. The number of alkyl halides is 3. The molecule has 1 saturated heterocycles. The first-order valence-electron chi connectivity index (χ1n) is 9.33. The van der Waals surface area contributed by atoms with Gasteiger partial charge in [-0.15, -0.1) is 0 Å². The fraction of sp³-hybridized carbons (Fsp3) is 0.368. The summed E-state index contributed by atoms with van der Waals surface area (Å²) in [6.07, 6.45) is -3.71. The third-order valence-electron chi connectivity index (χ3n) is 4.82. The van der Waals surface area contributed by atoms with Crippen LogP contribution in [-0.2, 0) is 21.0 Å². The number of nitrogens with zero attached hydrogens (tertiary/aromatic N) is 3. The average Bonchev–Trinajstić information content (AvgIpc) is 2.72. The number of rotatable bonds is 5. The number of benzene rings is 1. The number of aromatic nitrogens is 1. The number of carbonyl (C=O) groups is 1. The average molecular weight is 460 g/mol. The maximum Gasteiger partial charge on any atom is 0.417 e. The molecule has 12 heteroatoms. The Hall–Kier alpha value is -2.73. The molecule has 2 heterocycles. The normalized spacial score (nSPS) is 16.3. The Morgan fingerprint density at radius 1 is 1.10 bits per heavy atom. The second kappa shape index (κ2) is 8.79. The van der Waals surface area contributed by atoms with E-state index in [0.717, 1.165) is 24.4 Å². The molecular formula is C19H20F4N4O3S. The molecule has 1 atom stereocenters. The summed E-state index contributed by atoms with van der Waals surface area (Å²) in [6, 6.07) is 5.93. The van der Waals surface area contributed by atoms with E-state index in [-0.39, 0.29) is 13.1 Å². The van der Waals surface area contributed by atoms with Crippen molar-refractivity contribution < 1.29 is 30.8 Å². The molecule has 3 rings (SSSR count). The predicted molar refractivity (Wildman–Crippen MR) is 104 cm³/mol. The molecule has 0 aliphatic carbocycles. The smallest absolute Gasteiger partial charge is 0.353 e. The Labute approximate surface area is 176 Å². The van der Waals surface area contributed by atoms with Crippen molar-refractivity contribution in [3.8, 4) is 0 Å². The Balaban J connectivity index is 1.59. The highest BCUT2D eigenvalue weighted by Crippen LogP contribution is 2.29. The molecule has 0 spiro atoms. The largest absolute Gasteiger partial charge is 0.417 e. The topological polar surface area (TPSA) is 82.6 Å². The maximum absolute atomic E-state index is 13.8. The van der Waals surface area contributed by atoms with Crippen LogP contribution >= 0.6 is 0 Å². The molecule has 1 aromatic heterocycles. The lowest BCUT2D eigenvalue weighted by Gasteiger charge is -2.36. The van der Waals surface area contributed by atoms with E-state index in [2.05, 4.69) is 9.71 Å². The second-order valence-electron chi connectivity index (χ2n) is 6.99. The van der Waals surface area contributed by atoms with Crippen LogP contribution in [0.5, 0.6) is 0 Å². The molecule has 2 aromatic rings. The minimum atomic E-state index is -4.47.